The molecule has 0 fully saturated rings. The molecule has 3 aromatic rings. The molecule has 0 unspecified atom stereocenters. The Kier molecular flexibility index (Phi) is 5.26. The molecule has 1 aliphatic rings. The largest absolute Gasteiger partial charge is 0.350 e. The second kappa shape index (κ2) is 7.85. The summed E-state index contributed by atoms with van der Waals surface area (Å²) < 4.78 is 0.865. The Morgan fingerprint density at radius 1 is 0.862 bits per heavy atom. The van der Waals surface area contributed by atoms with Gasteiger partial charge in [-0.25, -0.2) is 4.90 Å². The molecular formula is C23H16BrClN2O2. The number of carbonyl (C=O) groups excluding carboxylic acids is 2. The zero-order valence-corrected chi connectivity index (χ0v) is 17.8. The van der Waals surface area contributed by atoms with Gasteiger partial charge < -0.3 is 5.32 Å². The number of hydrogen-bond donors (Lipinski definition) is 1. The van der Waals surface area contributed by atoms with Crippen LogP contribution in [0.3, 0.4) is 0 Å². The molecule has 0 saturated heterocycles. The summed E-state index contributed by atoms with van der Waals surface area (Å²) in [5.74, 6) is -0.777. The molecule has 2 amide bonds. The molecule has 144 valence electrons. The number of anilines is 2. The maximum Gasteiger partial charge on any atom is 0.282 e. The molecule has 1 aliphatic heterocycles. The van der Waals surface area contributed by atoms with Gasteiger partial charge in [0, 0.05) is 15.2 Å². The van der Waals surface area contributed by atoms with Crippen molar-refractivity contribution in [1.82, 2.24) is 0 Å². The van der Waals surface area contributed by atoms with E-state index in [4.69, 9.17) is 11.6 Å². The number of carbonyl (C=O) groups is 2. The van der Waals surface area contributed by atoms with Crippen LogP contribution in [0, 0.1) is 6.92 Å². The van der Waals surface area contributed by atoms with E-state index in [0.29, 0.717) is 27.5 Å². The van der Waals surface area contributed by atoms with E-state index >= 15 is 0 Å². The van der Waals surface area contributed by atoms with Crippen molar-refractivity contribution in [2.24, 2.45) is 0 Å². The second-order valence-electron chi connectivity index (χ2n) is 6.58. The predicted molar refractivity (Wildman–Crippen MR) is 120 cm³/mol. The molecule has 4 nitrogen and oxygen atoms in total. The Morgan fingerprint density at radius 3 is 2.24 bits per heavy atom. The van der Waals surface area contributed by atoms with Crippen molar-refractivity contribution in [2.45, 2.75) is 6.92 Å². The van der Waals surface area contributed by atoms with Crippen LogP contribution in [0.2, 0.25) is 5.02 Å². The molecule has 6 heteroatoms. The maximum atomic E-state index is 13.3. The van der Waals surface area contributed by atoms with E-state index in [2.05, 4.69) is 21.2 Å². The fourth-order valence-corrected chi connectivity index (χ4v) is 3.66. The van der Waals surface area contributed by atoms with Crippen LogP contribution in [0.1, 0.15) is 11.1 Å². The summed E-state index contributed by atoms with van der Waals surface area (Å²) in [5, 5.41) is 3.75. The van der Waals surface area contributed by atoms with E-state index in [-0.39, 0.29) is 11.6 Å². The second-order valence-corrected chi connectivity index (χ2v) is 7.90. The third-order valence-electron chi connectivity index (χ3n) is 4.76. The molecule has 1 heterocycles. The van der Waals surface area contributed by atoms with Crippen molar-refractivity contribution in [1.29, 1.82) is 0 Å². The van der Waals surface area contributed by atoms with Gasteiger partial charge in [0.1, 0.15) is 5.70 Å². The van der Waals surface area contributed by atoms with Gasteiger partial charge in [0.15, 0.2) is 0 Å². The fourth-order valence-electron chi connectivity index (χ4n) is 3.22. The number of nitrogens with one attached hydrogen (secondary N) is 1. The smallest absolute Gasteiger partial charge is 0.282 e. The lowest BCUT2D eigenvalue weighted by Gasteiger charge is -2.16. The summed E-state index contributed by atoms with van der Waals surface area (Å²) in [7, 11) is 0. The van der Waals surface area contributed by atoms with Gasteiger partial charge in [-0.3, -0.25) is 9.59 Å². The summed E-state index contributed by atoms with van der Waals surface area (Å²) in [6.07, 6.45) is 0. The Hall–Kier alpha value is -2.89. The number of benzene rings is 3. The van der Waals surface area contributed by atoms with E-state index in [9.17, 15) is 9.59 Å². The molecule has 3 aromatic carbocycles. The van der Waals surface area contributed by atoms with E-state index in [1.807, 2.05) is 43.3 Å². The lowest BCUT2D eigenvalue weighted by molar-refractivity contribution is -0.120. The van der Waals surface area contributed by atoms with Gasteiger partial charge >= 0.3 is 0 Å². The standard InChI is InChI=1S/C23H16BrClN2O2/c1-14-18(25)8-5-9-19(14)26-21-20(15-6-3-2-4-7-15)22(28)27(23(21)29)17-12-10-16(24)11-13-17/h2-13,26H,1H3. The average Bonchev–Trinajstić information content (AvgIpc) is 2.96. The Bertz CT molecular complexity index is 1140. The summed E-state index contributed by atoms with van der Waals surface area (Å²) in [6, 6.07) is 21.6. The molecular weight excluding hydrogens is 452 g/mol. The third-order valence-corrected chi connectivity index (χ3v) is 5.70. The number of hydrogen-bond acceptors (Lipinski definition) is 3. The van der Waals surface area contributed by atoms with Gasteiger partial charge in [0.05, 0.1) is 11.3 Å². The SMILES string of the molecule is Cc1c(Cl)cccc1NC1=C(c2ccccc2)C(=O)N(c2ccc(Br)cc2)C1=O. The zero-order chi connectivity index (χ0) is 20.5. The van der Waals surface area contributed by atoms with Crippen LogP contribution in [0.15, 0.2) is 83.0 Å². The predicted octanol–water partition coefficient (Wildman–Crippen LogP) is 5.81. The monoisotopic (exact) mass is 466 g/mol. The normalized spacial score (nSPS) is 14.0. The molecule has 0 radical (unpaired) electrons. The first kappa shape index (κ1) is 19.4. The summed E-state index contributed by atoms with van der Waals surface area (Å²) in [4.78, 5) is 27.8. The summed E-state index contributed by atoms with van der Waals surface area (Å²) >= 11 is 9.61. The first-order chi connectivity index (χ1) is 14.0. The summed E-state index contributed by atoms with van der Waals surface area (Å²) in [6.45, 7) is 1.86. The molecule has 0 aliphatic carbocycles. The molecule has 1 N–H and O–H groups in total. The molecule has 0 saturated carbocycles. The first-order valence-electron chi connectivity index (χ1n) is 8.93. The number of imide groups is 1. The molecule has 0 spiro atoms. The highest BCUT2D eigenvalue weighted by Crippen LogP contribution is 2.35. The van der Waals surface area contributed by atoms with Crippen molar-refractivity contribution in [3.8, 4) is 0 Å². The van der Waals surface area contributed by atoms with Gasteiger partial charge in [-0.05, 0) is 54.4 Å². The van der Waals surface area contributed by atoms with Gasteiger partial charge in [0.25, 0.3) is 11.8 Å². The minimum absolute atomic E-state index is 0.231. The Labute approximate surface area is 181 Å². The van der Waals surface area contributed by atoms with Crippen LogP contribution in [-0.2, 0) is 9.59 Å². The molecule has 0 atom stereocenters. The number of nitrogens with zero attached hydrogens (tertiary/aromatic N) is 1. The van der Waals surface area contributed by atoms with Crippen LogP contribution in [0.5, 0.6) is 0 Å². The van der Waals surface area contributed by atoms with Crippen LogP contribution < -0.4 is 10.2 Å². The maximum absolute atomic E-state index is 13.3. The molecule has 0 bridgehead atoms. The Balaban J connectivity index is 1.84. The Morgan fingerprint density at radius 2 is 1.55 bits per heavy atom. The van der Waals surface area contributed by atoms with E-state index in [1.165, 1.54) is 4.90 Å². The van der Waals surface area contributed by atoms with Gasteiger partial charge in [-0.1, -0.05) is 63.9 Å². The number of halogens is 2. The highest BCUT2D eigenvalue weighted by Gasteiger charge is 2.40. The fraction of sp³-hybridized carbons (Fsp3) is 0.0435. The summed E-state index contributed by atoms with van der Waals surface area (Å²) in [5.41, 5.74) is 3.23. The third kappa shape index (κ3) is 3.59. The molecule has 0 aromatic heterocycles. The highest BCUT2D eigenvalue weighted by atomic mass is 79.9. The van der Waals surface area contributed by atoms with Crippen molar-refractivity contribution in [3.05, 3.63) is 99.1 Å². The van der Waals surface area contributed by atoms with E-state index < -0.39 is 5.91 Å². The minimum Gasteiger partial charge on any atom is -0.350 e. The first-order valence-corrected chi connectivity index (χ1v) is 10.1. The van der Waals surface area contributed by atoms with Gasteiger partial charge in [0.2, 0.25) is 0 Å². The van der Waals surface area contributed by atoms with E-state index in [0.717, 1.165) is 10.0 Å². The highest BCUT2D eigenvalue weighted by molar-refractivity contribution is 9.10. The average molecular weight is 468 g/mol. The van der Waals surface area contributed by atoms with Crippen LogP contribution in [0.4, 0.5) is 11.4 Å². The van der Waals surface area contributed by atoms with E-state index in [1.54, 1.807) is 36.4 Å². The van der Waals surface area contributed by atoms with Crippen LogP contribution in [-0.4, -0.2) is 11.8 Å². The zero-order valence-electron chi connectivity index (χ0n) is 15.4. The van der Waals surface area contributed by atoms with Crippen molar-refractivity contribution >= 4 is 56.3 Å². The lowest BCUT2D eigenvalue weighted by Crippen LogP contribution is -2.32. The van der Waals surface area contributed by atoms with Crippen molar-refractivity contribution in [3.63, 3.8) is 0 Å². The molecule has 4 rings (SSSR count). The number of rotatable bonds is 4. The quantitative estimate of drug-likeness (QED) is 0.493. The van der Waals surface area contributed by atoms with Gasteiger partial charge in [-0.15, -0.1) is 0 Å². The lowest BCUT2D eigenvalue weighted by atomic mass is 10.0. The van der Waals surface area contributed by atoms with Crippen molar-refractivity contribution < 1.29 is 9.59 Å². The minimum atomic E-state index is -0.407. The topological polar surface area (TPSA) is 49.4 Å². The van der Waals surface area contributed by atoms with Crippen LogP contribution in [0.25, 0.3) is 5.57 Å². The van der Waals surface area contributed by atoms with Crippen molar-refractivity contribution in [2.75, 3.05) is 10.2 Å². The molecule has 29 heavy (non-hydrogen) atoms. The van der Waals surface area contributed by atoms with Gasteiger partial charge in [-0.2, -0.15) is 0 Å². The number of amides is 2. The van der Waals surface area contributed by atoms with Crippen LogP contribution >= 0.6 is 27.5 Å².